The molecule has 0 aromatic heterocycles. The van der Waals surface area contributed by atoms with Crippen molar-refractivity contribution in [2.75, 3.05) is 13.1 Å². The van der Waals surface area contributed by atoms with Crippen LogP contribution < -0.4 is 10.0 Å². The van der Waals surface area contributed by atoms with Gasteiger partial charge in [0, 0.05) is 19.6 Å². The number of carbonyl (C=O) groups is 1. The molecule has 25 heavy (non-hydrogen) atoms. The van der Waals surface area contributed by atoms with E-state index in [0.717, 1.165) is 11.1 Å². The van der Waals surface area contributed by atoms with Crippen molar-refractivity contribution in [3.8, 4) is 0 Å². The zero-order valence-electron chi connectivity index (χ0n) is 13.8. The van der Waals surface area contributed by atoms with Crippen molar-refractivity contribution in [2.24, 2.45) is 0 Å². The van der Waals surface area contributed by atoms with Crippen molar-refractivity contribution < 1.29 is 13.2 Å². The first-order chi connectivity index (χ1) is 12.1. The van der Waals surface area contributed by atoms with Crippen LogP contribution in [0.1, 0.15) is 11.1 Å². The van der Waals surface area contributed by atoms with Gasteiger partial charge in [0.25, 0.3) is 10.2 Å². The van der Waals surface area contributed by atoms with Crippen LogP contribution in [0.15, 0.2) is 60.7 Å². The van der Waals surface area contributed by atoms with Gasteiger partial charge in [0.05, 0.1) is 0 Å². The normalized spacial score (nSPS) is 18.7. The molecule has 2 N–H and O–H groups in total. The summed E-state index contributed by atoms with van der Waals surface area (Å²) in [5.74, 6) is -0.264. The zero-order chi connectivity index (χ0) is 17.7. The van der Waals surface area contributed by atoms with Crippen LogP contribution in [0, 0.1) is 0 Å². The number of piperazine rings is 1. The second-order valence-corrected chi connectivity index (χ2v) is 7.63. The molecule has 0 bridgehead atoms. The summed E-state index contributed by atoms with van der Waals surface area (Å²) >= 11 is 0. The molecule has 1 saturated heterocycles. The molecule has 3 rings (SSSR count). The van der Waals surface area contributed by atoms with Gasteiger partial charge in [-0.1, -0.05) is 60.7 Å². The highest BCUT2D eigenvalue weighted by Gasteiger charge is 2.37. The maximum absolute atomic E-state index is 12.7. The number of amides is 1. The van der Waals surface area contributed by atoms with Crippen molar-refractivity contribution in [3.63, 3.8) is 0 Å². The first-order valence-electron chi connectivity index (χ1n) is 8.18. The fraction of sp³-hybridized carbons (Fsp3) is 0.278. The van der Waals surface area contributed by atoms with Crippen LogP contribution >= 0.6 is 0 Å². The van der Waals surface area contributed by atoms with E-state index in [0.29, 0.717) is 13.0 Å². The summed E-state index contributed by atoms with van der Waals surface area (Å²) in [6, 6.07) is 18.0. The second-order valence-electron chi connectivity index (χ2n) is 5.92. The maximum Gasteiger partial charge on any atom is 0.280 e. The highest BCUT2D eigenvalue weighted by atomic mass is 32.2. The van der Waals surface area contributed by atoms with E-state index in [1.54, 1.807) is 0 Å². The molecule has 2 aromatic rings. The Hall–Kier alpha value is -2.22. The van der Waals surface area contributed by atoms with Crippen LogP contribution in [0.5, 0.6) is 0 Å². The third-order valence-electron chi connectivity index (χ3n) is 4.16. The number of rotatable bonds is 6. The average Bonchev–Trinajstić information content (AvgIpc) is 2.63. The monoisotopic (exact) mass is 359 g/mol. The molecular formula is C18H21N3O3S. The predicted molar refractivity (Wildman–Crippen MR) is 95.9 cm³/mol. The van der Waals surface area contributed by atoms with Crippen molar-refractivity contribution >= 4 is 16.1 Å². The Kier molecular flexibility index (Phi) is 5.47. The van der Waals surface area contributed by atoms with Crippen LogP contribution in [0.2, 0.25) is 0 Å². The molecule has 1 aliphatic heterocycles. The summed E-state index contributed by atoms with van der Waals surface area (Å²) in [5, 5.41) is 2.76. The van der Waals surface area contributed by atoms with Gasteiger partial charge in [-0.25, -0.2) is 0 Å². The minimum absolute atomic E-state index is 0.194. The van der Waals surface area contributed by atoms with Crippen molar-refractivity contribution in [3.05, 3.63) is 71.8 Å². The molecule has 1 atom stereocenters. The summed E-state index contributed by atoms with van der Waals surface area (Å²) in [7, 11) is -3.76. The SMILES string of the molecule is O=C1NCCN(S(=O)(=O)NCc2ccccc2)[C@@H]1Cc1ccccc1. The number of nitrogens with one attached hydrogen (secondary N) is 2. The number of hydrogen-bond donors (Lipinski definition) is 2. The van der Waals surface area contributed by atoms with E-state index in [1.165, 1.54) is 4.31 Å². The Morgan fingerprint density at radius 3 is 2.24 bits per heavy atom. The molecule has 0 saturated carbocycles. The van der Waals surface area contributed by atoms with Gasteiger partial charge in [-0.15, -0.1) is 0 Å². The van der Waals surface area contributed by atoms with Crippen molar-refractivity contribution in [1.29, 1.82) is 0 Å². The van der Waals surface area contributed by atoms with Crippen LogP contribution in [0.25, 0.3) is 0 Å². The van der Waals surface area contributed by atoms with E-state index >= 15 is 0 Å². The first kappa shape index (κ1) is 17.6. The molecule has 6 nitrogen and oxygen atoms in total. The van der Waals surface area contributed by atoms with Gasteiger partial charge < -0.3 is 5.32 Å². The van der Waals surface area contributed by atoms with Gasteiger partial charge in [-0.05, 0) is 17.5 Å². The highest BCUT2D eigenvalue weighted by Crippen LogP contribution is 2.15. The predicted octanol–water partition coefficient (Wildman–Crippen LogP) is 1.06. The van der Waals surface area contributed by atoms with E-state index in [2.05, 4.69) is 10.0 Å². The molecule has 0 aliphatic carbocycles. The fourth-order valence-electron chi connectivity index (χ4n) is 2.87. The van der Waals surface area contributed by atoms with Crippen molar-refractivity contribution in [1.82, 2.24) is 14.3 Å². The van der Waals surface area contributed by atoms with Gasteiger partial charge in [0.15, 0.2) is 0 Å². The van der Waals surface area contributed by atoms with E-state index < -0.39 is 16.3 Å². The Morgan fingerprint density at radius 2 is 1.60 bits per heavy atom. The molecule has 1 aliphatic rings. The summed E-state index contributed by atoms with van der Waals surface area (Å²) < 4.78 is 29.3. The van der Waals surface area contributed by atoms with E-state index in [9.17, 15) is 13.2 Å². The molecule has 0 spiro atoms. The number of carbonyl (C=O) groups excluding carboxylic acids is 1. The van der Waals surface area contributed by atoms with Crippen LogP contribution in [0.4, 0.5) is 0 Å². The van der Waals surface area contributed by atoms with E-state index in [1.807, 2.05) is 60.7 Å². The largest absolute Gasteiger partial charge is 0.353 e. The van der Waals surface area contributed by atoms with Crippen LogP contribution in [-0.2, 0) is 28.0 Å². The number of benzene rings is 2. The Morgan fingerprint density at radius 1 is 1.00 bits per heavy atom. The van der Waals surface area contributed by atoms with Gasteiger partial charge in [0.1, 0.15) is 6.04 Å². The molecule has 132 valence electrons. The van der Waals surface area contributed by atoms with Crippen LogP contribution in [-0.4, -0.2) is 37.8 Å². The summed E-state index contributed by atoms with van der Waals surface area (Å²) in [5.41, 5.74) is 1.79. The lowest BCUT2D eigenvalue weighted by molar-refractivity contribution is -0.126. The molecule has 1 fully saturated rings. The summed E-state index contributed by atoms with van der Waals surface area (Å²) in [6.45, 7) is 0.767. The Bertz CT molecular complexity index is 810. The molecule has 7 heteroatoms. The Labute approximate surface area is 148 Å². The third-order valence-corrected chi connectivity index (χ3v) is 5.73. The summed E-state index contributed by atoms with van der Waals surface area (Å²) in [6.07, 6.45) is 0.346. The molecule has 0 unspecified atom stereocenters. The summed E-state index contributed by atoms with van der Waals surface area (Å²) in [4.78, 5) is 12.3. The molecule has 0 radical (unpaired) electrons. The first-order valence-corrected chi connectivity index (χ1v) is 9.62. The quantitative estimate of drug-likeness (QED) is 0.810. The zero-order valence-corrected chi connectivity index (χ0v) is 14.6. The molecule has 1 heterocycles. The van der Waals surface area contributed by atoms with Crippen LogP contribution in [0.3, 0.4) is 0 Å². The molecule has 2 aromatic carbocycles. The van der Waals surface area contributed by atoms with E-state index in [4.69, 9.17) is 0 Å². The maximum atomic E-state index is 12.7. The average molecular weight is 359 g/mol. The molecular weight excluding hydrogens is 338 g/mol. The lowest BCUT2D eigenvalue weighted by atomic mass is 10.0. The number of hydrogen-bond acceptors (Lipinski definition) is 3. The third kappa shape index (κ3) is 4.45. The number of nitrogens with zero attached hydrogens (tertiary/aromatic N) is 1. The minimum Gasteiger partial charge on any atom is -0.353 e. The van der Waals surface area contributed by atoms with Crippen molar-refractivity contribution in [2.45, 2.75) is 19.0 Å². The van der Waals surface area contributed by atoms with Gasteiger partial charge >= 0.3 is 0 Å². The minimum atomic E-state index is -3.76. The van der Waals surface area contributed by atoms with Gasteiger partial charge in [0.2, 0.25) is 5.91 Å². The topological polar surface area (TPSA) is 78.5 Å². The van der Waals surface area contributed by atoms with E-state index in [-0.39, 0.29) is 19.0 Å². The van der Waals surface area contributed by atoms with Gasteiger partial charge in [-0.3, -0.25) is 4.79 Å². The highest BCUT2D eigenvalue weighted by molar-refractivity contribution is 7.87. The van der Waals surface area contributed by atoms with Gasteiger partial charge in [-0.2, -0.15) is 17.4 Å². The lowest BCUT2D eigenvalue weighted by Crippen LogP contribution is -2.60. The standard InChI is InChI=1S/C18H21N3O3S/c22-18-17(13-15-7-3-1-4-8-15)21(12-11-19-18)25(23,24)20-14-16-9-5-2-6-10-16/h1-10,17,20H,11-14H2,(H,19,22)/t17-/m1/s1. The second kappa shape index (κ2) is 7.77. The fourth-order valence-corrected chi connectivity index (χ4v) is 4.22. The molecule has 1 amide bonds. The lowest BCUT2D eigenvalue weighted by Gasteiger charge is -2.34. The smallest absolute Gasteiger partial charge is 0.280 e. The Balaban J connectivity index is 1.75.